The second-order valence-corrected chi connectivity index (χ2v) is 6.66. The quantitative estimate of drug-likeness (QED) is 0.735. The summed E-state index contributed by atoms with van der Waals surface area (Å²) in [5.41, 5.74) is -0.698. The van der Waals surface area contributed by atoms with E-state index < -0.39 is 5.60 Å². The number of aromatic nitrogens is 2. The predicted molar refractivity (Wildman–Crippen MR) is 92.9 cm³/mol. The van der Waals surface area contributed by atoms with Gasteiger partial charge in [0.25, 0.3) is 0 Å². The van der Waals surface area contributed by atoms with Crippen LogP contribution in [0.15, 0.2) is 52.8 Å². The molecule has 1 aromatic carbocycles. The number of thiophene rings is 1. The number of nitrogens with one attached hydrogen (secondary N) is 1. The summed E-state index contributed by atoms with van der Waals surface area (Å²) in [6, 6.07) is 10.7. The number of hydrogen-bond acceptors (Lipinski definition) is 5. The molecule has 0 aliphatic carbocycles. The monoisotopic (exact) mass is 343 g/mol. The molecule has 124 valence electrons. The van der Waals surface area contributed by atoms with Gasteiger partial charge >= 0.3 is 0 Å². The summed E-state index contributed by atoms with van der Waals surface area (Å²) in [6.07, 6.45) is 1.21. The molecule has 0 aliphatic rings. The summed E-state index contributed by atoms with van der Waals surface area (Å²) in [4.78, 5) is 24.8. The Kier molecular flexibility index (Phi) is 4.46. The number of aliphatic hydroxyl groups is 1. The highest BCUT2D eigenvalue weighted by Crippen LogP contribution is 2.24. The Morgan fingerprint density at radius 2 is 2.12 bits per heavy atom. The van der Waals surface area contributed by atoms with Crippen LogP contribution in [-0.4, -0.2) is 27.3 Å². The summed E-state index contributed by atoms with van der Waals surface area (Å²) < 4.78 is 1.48. The second-order valence-electron chi connectivity index (χ2n) is 5.71. The van der Waals surface area contributed by atoms with Crippen molar-refractivity contribution in [3.8, 4) is 0 Å². The molecule has 0 spiro atoms. The molecule has 3 rings (SSSR count). The lowest BCUT2D eigenvalue weighted by Crippen LogP contribution is -2.39. The van der Waals surface area contributed by atoms with E-state index in [1.165, 1.54) is 22.2 Å². The van der Waals surface area contributed by atoms with Crippen LogP contribution in [0.1, 0.15) is 11.8 Å². The maximum atomic E-state index is 12.2. The van der Waals surface area contributed by atoms with Crippen molar-refractivity contribution in [1.82, 2.24) is 15.1 Å². The lowest BCUT2D eigenvalue weighted by molar-refractivity contribution is -0.123. The highest BCUT2D eigenvalue weighted by molar-refractivity contribution is 7.10. The number of carbonyl (C=O) groups is 1. The Hall–Kier alpha value is -2.51. The van der Waals surface area contributed by atoms with Crippen molar-refractivity contribution in [2.45, 2.75) is 19.1 Å². The van der Waals surface area contributed by atoms with Gasteiger partial charge in [-0.15, -0.1) is 11.3 Å². The Bertz CT molecular complexity index is 916. The van der Waals surface area contributed by atoms with Crippen LogP contribution in [0, 0.1) is 0 Å². The van der Waals surface area contributed by atoms with E-state index in [2.05, 4.69) is 10.4 Å². The van der Waals surface area contributed by atoms with Crippen LogP contribution in [0.3, 0.4) is 0 Å². The van der Waals surface area contributed by atoms with Crippen molar-refractivity contribution in [1.29, 1.82) is 0 Å². The molecular formula is C17H17N3O3S. The van der Waals surface area contributed by atoms with Crippen molar-refractivity contribution in [2.24, 2.45) is 0 Å². The van der Waals surface area contributed by atoms with E-state index in [-0.39, 0.29) is 24.4 Å². The molecule has 0 radical (unpaired) electrons. The number of carbonyl (C=O) groups excluding carboxylic acids is 1. The van der Waals surface area contributed by atoms with Crippen LogP contribution < -0.4 is 10.7 Å². The molecule has 0 saturated carbocycles. The summed E-state index contributed by atoms with van der Waals surface area (Å²) >= 11 is 1.44. The highest BCUT2D eigenvalue weighted by atomic mass is 32.1. The minimum Gasteiger partial charge on any atom is -0.383 e. The average molecular weight is 343 g/mol. The number of amides is 1. The fraction of sp³-hybridized carbons (Fsp3) is 0.235. The number of benzene rings is 1. The SMILES string of the molecule is CC(O)(CNC(=O)Cn1ncc(=O)c2ccccc21)c1cccs1. The predicted octanol–water partition coefficient (Wildman–Crippen LogP) is 1.48. The van der Waals surface area contributed by atoms with Crippen LogP contribution in [0.25, 0.3) is 10.9 Å². The maximum Gasteiger partial charge on any atom is 0.241 e. The lowest BCUT2D eigenvalue weighted by atomic mass is 10.1. The zero-order valence-corrected chi connectivity index (χ0v) is 13.9. The summed E-state index contributed by atoms with van der Waals surface area (Å²) in [5, 5.41) is 19.6. The molecule has 0 bridgehead atoms. The van der Waals surface area contributed by atoms with E-state index in [0.29, 0.717) is 10.9 Å². The standard InChI is InChI=1S/C17H17N3O3S/c1-17(23,15-7-4-8-24-15)11-18-16(22)10-20-13-6-3-2-5-12(13)14(21)9-19-20/h2-9,23H,10-11H2,1H3,(H,18,22). The first kappa shape index (κ1) is 16.4. The van der Waals surface area contributed by atoms with E-state index in [1.807, 2.05) is 17.5 Å². The minimum atomic E-state index is -1.12. The molecular weight excluding hydrogens is 326 g/mol. The maximum absolute atomic E-state index is 12.2. The number of fused-ring (bicyclic) bond motifs is 1. The average Bonchev–Trinajstić information content (AvgIpc) is 3.11. The van der Waals surface area contributed by atoms with Gasteiger partial charge in [-0.05, 0) is 30.5 Å². The number of para-hydroxylation sites is 1. The van der Waals surface area contributed by atoms with Gasteiger partial charge in [0.2, 0.25) is 11.3 Å². The minimum absolute atomic E-state index is 0.0265. The van der Waals surface area contributed by atoms with Gasteiger partial charge in [0.05, 0.1) is 18.3 Å². The van der Waals surface area contributed by atoms with Gasteiger partial charge in [-0.1, -0.05) is 18.2 Å². The second kappa shape index (κ2) is 6.54. The molecule has 24 heavy (non-hydrogen) atoms. The van der Waals surface area contributed by atoms with Crippen LogP contribution in [0.4, 0.5) is 0 Å². The van der Waals surface area contributed by atoms with E-state index >= 15 is 0 Å². The number of rotatable bonds is 5. The summed E-state index contributed by atoms with van der Waals surface area (Å²) in [7, 11) is 0. The molecule has 2 aromatic heterocycles. The van der Waals surface area contributed by atoms with Crippen LogP contribution in [0.5, 0.6) is 0 Å². The molecule has 0 fully saturated rings. The van der Waals surface area contributed by atoms with Gasteiger partial charge < -0.3 is 10.4 Å². The highest BCUT2D eigenvalue weighted by Gasteiger charge is 2.24. The first-order valence-corrected chi connectivity index (χ1v) is 8.33. The van der Waals surface area contributed by atoms with Gasteiger partial charge in [-0.3, -0.25) is 14.3 Å². The van der Waals surface area contributed by atoms with Crippen LogP contribution in [0.2, 0.25) is 0 Å². The molecule has 3 aromatic rings. The van der Waals surface area contributed by atoms with Gasteiger partial charge in [-0.2, -0.15) is 5.10 Å². The zero-order chi connectivity index (χ0) is 17.2. The fourth-order valence-electron chi connectivity index (χ4n) is 2.42. The molecule has 7 heteroatoms. The van der Waals surface area contributed by atoms with Crippen molar-refractivity contribution in [3.63, 3.8) is 0 Å². The smallest absolute Gasteiger partial charge is 0.241 e. The molecule has 1 atom stereocenters. The lowest BCUT2D eigenvalue weighted by Gasteiger charge is -2.22. The van der Waals surface area contributed by atoms with Crippen LogP contribution >= 0.6 is 11.3 Å². The number of hydrogen-bond donors (Lipinski definition) is 2. The normalized spacial score (nSPS) is 13.6. The van der Waals surface area contributed by atoms with E-state index in [4.69, 9.17) is 0 Å². The third-order valence-corrected chi connectivity index (χ3v) is 4.86. The Morgan fingerprint density at radius 3 is 2.88 bits per heavy atom. The van der Waals surface area contributed by atoms with Crippen molar-refractivity contribution in [2.75, 3.05) is 6.54 Å². The molecule has 1 amide bonds. The van der Waals surface area contributed by atoms with Crippen molar-refractivity contribution in [3.05, 3.63) is 63.1 Å². The van der Waals surface area contributed by atoms with Crippen LogP contribution in [-0.2, 0) is 16.9 Å². The Labute approximate surface area is 142 Å². The summed E-state index contributed by atoms with van der Waals surface area (Å²) in [5.74, 6) is -0.284. The molecule has 2 heterocycles. The van der Waals surface area contributed by atoms with Gasteiger partial charge in [0.15, 0.2) is 0 Å². The Balaban J connectivity index is 1.72. The molecule has 0 aliphatic heterocycles. The first-order chi connectivity index (χ1) is 11.5. The topological polar surface area (TPSA) is 84.2 Å². The summed E-state index contributed by atoms with van der Waals surface area (Å²) in [6.45, 7) is 1.73. The first-order valence-electron chi connectivity index (χ1n) is 7.45. The largest absolute Gasteiger partial charge is 0.383 e. The molecule has 6 nitrogen and oxygen atoms in total. The van der Waals surface area contributed by atoms with E-state index in [1.54, 1.807) is 31.2 Å². The van der Waals surface area contributed by atoms with Gasteiger partial charge in [-0.25, -0.2) is 0 Å². The molecule has 0 saturated heterocycles. The third kappa shape index (κ3) is 3.37. The van der Waals surface area contributed by atoms with Gasteiger partial charge in [0, 0.05) is 10.3 Å². The van der Waals surface area contributed by atoms with Crippen molar-refractivity contribution < 1.29 is 9.90 Å². The number of nitrogens with zero attached hydrogens (tertiary/aromatic N) is 2. The zero-order valence-electron chi connectivity index (χ0n) is 13.1. The Morgan fingerprint density at radius 1 is 1.33 bits per heavy atom. The van der Waals surface area contributed by atoms with Crippen molar-refractivity contribution >= 4 is 28.1 Å². The molecule has 2 N–H and O–H groups in total. The third-order valence-electron chi connectivity index (χ3n) is 3.74. The molecule has 1 unspecified atom stereocenters. The van der Waals surface area contributed by atoms with E-state index in [9.17, 15) is 14.7 Å². The fourth-order valence-corrected chi connectivity index (χ4v) is 3.21. The van der Waals surface area contributed by atoms with Gasteiger partial charge in [0.1, 0.15) is 12.1 Å². The van der Waals surface area contributed by atoms with E-state index in [0.717, 1.165) is 4.88 Å².